The van der Waals surface area contributed by atoms with Gasteiger partial charge in [-0.1, -0.05) is 0 Å². The van der Waals surface area contributed by atoms with Crippen molar-refractivity contribution in [1.82, 2.24) is 0 Å². The van der Waals surface area contributed by atoms with Gasteiger partial charge in [-0.2, -0.15) is 0 Å². The zero-order valence-corrected chi connectivity index (χ0v) is 14.8. The maximum atomic E-state index is 8.36. The average molecular weight is 506 g/mol. The number of rotatable bonds is 1. The molecule has 0 heterocycles. The molecular formula is C2H25Cl2FeN3O18. The predicted octanol–water partition coefficient (Wildman–Crippen LogP) is -7.00. The summed E-state index contributed by atoms with van der Waals surface area (Å²) >= 11 is 10.1. The minimum Gasteiger partial charge on any atom is -0.412 e. The zero-order chi connectivity index (χ0) is 14.1. The second-order valence-corrected chi connectivity index (χ2v) is 1.85. The minimum absolute atomic E-state index is 0. The molecule has 0 radical (unpaired) electrons. The fraction of sp³-hybridized carbons (Fsp3) is 1.00. The Hall–Kier alpha value is -1.66. The van der Waals surface area contributed by atoms with Gasteiger partial charge in [0, 0.05) is 28.8 Å². The predicted molar refractivity (Wildman–Crippen MR) is 80.3 cm³/mol. The summed E-state index contributed by atoms with van der Waals surface area (Å²) in [5.74, 6) is 1.11. The molecule has 0 aromatic carbocycles. The van der Waals surface area contributed by atoms with E-state index in [0.29, 0.717) is 11.8 Å². The van der Waals surface area contributed by atoms with Crippen molar-refractivity contribution in [3.05, 3.63) is 30.3 Å². The van der Waals surface area contributed by atoms with Crippen molar-refractivity contribution < 1.29 is 97.2 Å². The van der Waals surface area contributed by atoms with E-state index in [1.807, 2.05) is 0 Å². The molecule has 0 bridgehead atoms. The molecule has 0 aliphatic heterocycles. The Morgan fingerprint density at radius 1 is 0.538 bits per heavy atom. The first kappa shape index (κ1) is 124. The first-order valence-electron chi connectivity index (χ1n) is 2.73. The summed E-state index contributed by atoms with van der Waals surface area (Å²) in [6.45, 7) is 0. The fourth-order valence-electron chi connectivity index (χ4n) is 0. The second kappa shape index (κ2) is 134. The molecule has 178 valence electrons. The Morgan fingerprint density at radius 3 is 0.577 bits per heavy atom. The number of hydrogen-bond donors (Lipinski definition) is 3. The minimum atomic E-state index is -1.50. The van der Waals surface area contributed by atoms with Crippen molar-refractivity contribution in [1.29, 1.82) is 0 Å². The molecule has 21 N–H and O–H groups in total. The monoisotopic (exact) mass is 505 g/mol. The van der Waals surface area contributed by atoms with Crippen LogP contribution in [-0.2, 0) is 17.1 Å². The van der Waals surface area contributed by atoms with Crippen LogP contribution in [0.4, 0.5) is 0 Å². The van der Waals surface area contributed by atoms with Crippen LogP contribution < -0.4 is 0 Å². The van der Waals surface area contributed by atoms with E-state index in [-0.39, 0.29) is 66.4 Å². The van der Waals surface area contributed by atoms with Crippen LogP contribution in [0.25, 0.3) is 0 Å². The summed E-state index contributed by atoms with van der Waals surface area (Å²) in [6, 6.07) is 0. The van der Waals surface area contributed by atoms with Gasteiger partial charge in [-0.15, -0.1) is 53.5 Å². The van der Waals surface area contributed by atoms with E-state index < -0.39 is 15.3 Å². The summed E-state index contributed by atoms with van der Waals surface area (Å²) in [6.07, 6.45) is 0. The molecule has 0 aliphatic rings. The smallest absolute Gasteiger partial charge is 0.291 e. The largest absolute Gasteiger partial charge is 0.412 e. The Bertz CT molecular complexity index is 157. The SMILES string of the molecule is ClCCCl.O.O.O.O.O.O.O.O.O.O=[N+]([O-])O.O=[N+]([O-])O.O=[N+]([O-])O.[Fe]. The molecule has 0 fully saturated rings. The van der Waals surface area contributed by atoms with Crippen LogP contribution in [0.1, 0.15) is 0 Å². The molecule has 0 amide bonds. The van der Waals surface area contributed by atoms with Crippen molar-refractivity contribution >= 4 is 23.2 Å². The maximum Gasteiger partial charge on any atom is 0.291 e. The van der Waals surface area contributed by atoms with Crippen molar-refractivity contribution in [3.63, 3.8) is 0 Å². The topological polar surface area (TPSA) is 474 Å². The van der Waals surface area contributed by atoms with Gasteiger partial charge in [0.2, 0.25) is 0 Å². The van der Waals surface area contributed by atoms with Crippen LogP contribution in [0.2, 0.25) is 0 Å². The quantitative estimate of drug-likeness (QED) is 0.131. The van der Waals surface area contributed by atoms with E-state index in [4.69, 9.17) is 69.2 Å². The molecule has 0 aliphatic carbocycles. The number of alkyl halides is 2. The molecule has 26 heavy (non-hydrogen) atoms. The summed E-state index contributed by atoms with van der Waals surface area (Å²) < 4.78 is 0. The van der Waals surface area contributed by atoms with Crippen LogP contribution >= 0.6 is 23.2 Å². The summed E-state index contributed by atoms with van der Waals surface area (Å²) in [4.78, 5) is 25.1. The first-order valence-corrected chi connectivity index (χ1v) is 3.80. The van der Waals surface area contributed by atoms with E-state index in [0.717, 1.165) is 0 Å². The van der Waals surface area contributed by atoms with E-state index in [1.54, 1.807) is 0 Å². The van der Waals surface area contributed by atoms with Crippen molar-refractivity contribution in [3.8, 4) is 0 Å². The number of nitrogens with zero attached hydrogens (tertiary/aromatic N) is 3. The Morgan fingerprint density at radius 2 is 0.577 bits per heavy atom. The van der Waals surface area contributed by atoms with Crippen LogP contribution in [0.15, 0.2) is 0 Å². The molecule has 0 unspecified atom stereocenters. The Balaban J connectivity index is -0.00000000545. The third kappa shape index (κ3) is 23300. The molecule has 0 aromatic rings. The maximum absolute atomic E-state index is 8.36. The summed E-state index contributed by atoms with van der Waals surface area (Å²) in [5, 5.41) is 40.9. The van der Waals surface area contributed by atoms with Gasteiger partial charge in [-0.3, -0.25) is 0 Å². The van der Waals surface area contributed by atoms with E-state index in [2.05, 4.69) is 0 Å². The van der Waals surface area contributed by atoms with Gasteiger partial charge >= 0.3 is 0 Å². The third-order valence-corrected chi connectivity index (χ3v) is 0.643. The molecule has 24 heteroatoms. The van der Waals surface area contributed by atoms with Gasteiger partial charge in [0.15, 0.2) is 0 Å². The zero-order valence-electron chi connectivity index (χ0n) is 12.2. The normalized spacial score (nSPS) is 3.92. The standard InChI is InChI=1S/C2H4Cl2.Fe.3HNO3.9H2O/c3-1-2-4;;3*2-1(3)4;;;;;;;;;/h1-2H2;;3*(H,2,3,4);9*1H2. The van der Waals surface area contributed by atoms with Gasteiger partial charge in [0.25, 0.3) is 15.3 Å². The first-order chi connectivity index (χ1) is 7.11. The second-order valence-electron chi connectivity index (χ2n) is 1.09. The van der Waals surface area contributed by atoms with Gasteiger partial charge in [-0.25, -0.2) is 0 Å². The third-order valence-electron chi connectivity index (χ3n) is 0.0714. The Labute approximate surface area is 163 Å². The van der Waals surface area contributed by atoms with Crippen molar-refractivity contribution in [2.24, 2.45) is 0 Å². The van der Waals surface area contributed by atoms with Crippen LogP contribution in [0.5, 0.6) is 0 Å². The molecule has 21 nitrogen and oxygen atoms in total. The molecule has 0 saturated carbocycles. The fourth-order valence-corrected chi connectivity index (χ4v) is 0. The Kier molecular flexibility index (Phi) is 637. The van der Waals surface area contributed by atoms with Gasteiger partial charge in [0.1, 0.15) is 0 Å². The van der Waals surface area contributed by atoms with Gasteiger partial charge in [0.05, 0.1) is 0 Å². The summed E-state index contributed by atoms with van der Waals surface area (Å²) in [7, 11) is 0. The molecule has 0 saturated heterocycles. The number of hydrogen-bond acceptors (Lipinski definition) is 6. The number of halogens is 2. The van der Waals surface area contributed by atoms with Crippen LogP contribution in [-0.4, -0.2) is 91.9 Å². The molecule has 0 atom stereocenters. The van der Waals surface area contributed by atoms with E-state index >= 15 is 0 Å². The van der Waals surface area contributed by atoms with Crippen molar-refractivity contribution in [2.75, 3.05) is 11.8 Å². The summed E-state index contributed by atoms with van der Waals surface area (Å²) in [5.41, 5.74) is 0. The van der Waals surface area contributed by atoms with Crippen LogP contribution in [0.3, 0.4) is 0 Å². The van der Waals surface area contributed by atoms with Gasteiger partial charge in [-0.05, 0) is 0 Å². The van der Waals surface area contributed by atoms with E-state index in [1.165, 1.54) is 0 Å². The molecule has 0 aromatic heterocycles. The average Bonchev–Trinajstić information content (AvgIpc) is 2.00. The van der Waals surface area contributed by atoms with E-state index in [9.17, 15) is 0 Å². The molecule has 0 spiro atoms. The van der Waals surface area contributed by atoms with Crippen molar-refractivity contribution in [2.45, 2.75) is 0 Å². The molecule has 0 rings (SSSR count). The van der Waals surface area contributed by atoms with Gasteiger partial charge < -0.3 is 64.9 Å². The van der Waals surface area contributed by atoms with Crippen LogP contribution in [0, 0.1) is 30.3 Å². The molecular weight excluding hydrogens is 481 g/mol.